The number of nitrogens with zero attached hydrogens (tertiary/aromatic N) is 1. The molecule has 170 valence electrons. The van der Waals surface area contributed by atoms with E-state index in [1.54, 1.807) is 69.3 Å². The van der Waals surface area contributed by atoms with Crippen molar-refractivity contribution in [2.24, 2.45) is 0 Å². The Morgan fingerprint density at radius 2 is 1.45 bits per heavy atom. The van der Waals surface area contributed by atoms with Crippen molar-refractivity contribution >= 4 is 23.6 Å². The van der Waals surface area contributed by atoms with Gasteiger partial charge in [-0.25, -0.2) is 9.86 Å². The molecular weight excluding hydrogens is 422 g/mol. The third-order valence-electron chi connectivity index (χ3n) is 3.91. The Morgan fingerprint density at radius 1 is 0.939 bits per heavy atom. The van der Waals surface area contributed by atoms with Gasteiger partial charge in [0.2, 0.25) is 5.91 Å². The number of hydrogen-bond donors (Lipinski definition) is 3. The lowest BCUT2D eigenvalue weighted by molar-refractivity contribution is -0.163. The molecule has 0 radical (unpaired) electrons. The molecule has 2 aromatic carbocycles. The van der Waals surface area contributed by atoms with Crippen LogP contribution in [-0.4, -0.2) is 40.4 Å². The largest absolute Gasteiger partial charge is 0.444 e. The lowest BCUT2D eigenvalue weighted by Crippen LogP contribution is -2.38. The van der Waals surface area contributed by atoms with E-state index in [1.807, 2.05) is 0 Å². The Hall–Kier alpha value is -4.27. The number of amides is 3. The summed E-state index contributed by atoms with van der Waals surface area (Å²) in [5.41, 5.74) is 1.79. The number of carbonyl (C=O) groups is 3. The fraction of sp³-hybridized carbons (Fsp3) is 0.240. The maximum Gasteiger partial charge on any atom is 0.412 e. The molecule has 0 atom stereocenters. The van der Waals surface area contributed by atoms with Crippen molar-refractivity contribution in [2.45, 2.75) is 33.3 Å². The van der Waals surface area contributed by atoms with Crippen LogP contribution in [0.15, 0.2) is 48.5 Å². The van der Waals surface area contributed by atoms with Gasteiger partial charge in [0.05, 0.1) is 0 Å². The van der Waals surface area contributed by atoms with Crippen LogP contribution in [0.1, 0.15) is 49.2 Å². The zero-order valence-electron chi connectivity index (χ0n) is 18.9. The Bertz CT molecular complexity index is 1130. The van der Waals surface area contributed by atoms with Crippen molar-refractivity contribution in [1.29, 1.82) is 0 Å². The molecule has 8 heteroatoms. The molecule has 33 heavy (non-hydrogen) atoms. The molecule has 0 fully saturated rings. The molecule has 0 bridgehead atoms. The van der Waals surface area contributed by atoms with E-state index in [2.05, 4.69) is 34.3 Å². The number of nitrogens with one attached hydrogen (secondary N) is 2. The van der Waals surface area contributed by atoms with Gasteiger partial charge < -0.3 is 10.1 Å². The number of anilines is 1. The molecule has 0 spiro atoms. The number of hydrogen-bond acceptors (Lipinski definition) is 5. The van der Waals surface area contributed by atoms with Crippen molar-refractivity contribution in [1.82, 2.24) is 10.4 Å². The summed E-state index contributed by atoms with van der Waals surface area (Å²) < 4.78 is 5.20. The van der Waals surface area contributed by atoms with Gasteiger partial charge in [0.15, 0.2) is 0 Å². The highest BCUT2D eigenvalue weighted by Gasteiger charge is 2.16. The molecule has 0 aliphatic carbocycles. The lowest BCUT2D eigenvalue weighted by Gasteiger charge is -2.19. The Kier molecular flexibility index (Phi) is 8.62. The van der Waals surface area contributed by atoms with Crippen molar-refractivity contribution in [3.05, 3.63) is 65.2 Å². The third kappa shape index (κ3) is 9.18. The number of ether oxygens (including phenoxy) is 1. The minimum absolute atomic E-state index is 0.302. The van der Waals surface area contributed by atoms with E-state index in [9.17, 15) is 19.6 Å². The summed E-state index contributed by atoms with van der Waals surface area (Å²) in [4.78, 5) is 34.7. The number of carbonyl (C=O) groups excluding carboxylic acids is 3. The third-order valence-corrected chi connectivity index (χ3v) is 3.91. The van der Waals surface area contributed by atoms with Crippen LogP contribution in [0.5, 0.6) is 0 Å². The molecule has 0 saturated heterocycles. The van der Waals surface area contributed by atoms with Crippen LogP contribution in [0, 0.1) is 23.7 Å². The predicted molar refractivity (Wildman–Crippen MR) is 123 cm³/mol. The summed E-state index contributed by atoms with van der Waals surface area (Å²) >= 11 is 0. The average molecular weight is 447 g/mol. The van der Waals surface area contributed by atoms with E-state index in [-0.39, 0.29) is 6.67 Å². The van der Waals surface area contributed by atoms with Gasteiger partial charge in [-0.1, -0.05) is 11.8 Å². The summed E-state index contributed by atoms with van der Waals surface area (Å²) in [7, 11) is 0. The summed E-state index contributed by atoms with van der Waals surface area (Å²) in [6.07, 6.45) is -0.526. The van der Waals surface area contributed by atoms with Gasteiger partial charge in [-0.2, -0.15) is 0 Å². The van der Waals surface area contributed by atoms with Crippen molar-refractivity contribution in [2.75, 3.05) is 12.0 Å². The van der Waals surface area contributed by atoms with E-state index in [0.29, 0.717) is 21.9 Å². The zero-order valence-corrected chi connectivity index (χ0v) is 18.9. The van der Waals surface area contributed by atoms with Crippen LogP contribution < -0.4 is 10.6 Å². The van der Waals surface area contributed by atoms with Gasteiger partial charge in [0.25, 0.3) is 5.91 Å². The SMILES string of the molecule is CC(=O)N(O)CNC(=O)c1ccc(C#CC#Cc2ccc(NC(=O)OC(C)(C)C)cc2)cc1. The molecular formula is C25H25N3O5. The second-order valence-electron chi connectivity index (χ2n) is 7.86. The van der Waals surface area contributed by atoms with Gasteiger partial charge in [0, 0.05) is 29.3 Å². The highest BCUT2D eigenvalue weighted by Crippen LogP contribution is 2.12. The maximum absolute atomic E-state index is 12.0. The zero-order chi connectivity index (χ0) is 24.4. The van der Waals surface area contributed by atoms with Crippen molar-refractivity contribution in [3.8, 4) is 23.7 Å². The van der Waals surface area contributed by atoms with E-state index in [4.69, 9.17) is 4.74 Å². The molecule has 3 N–H and O–H groups in total. The van der Waals surface area contributed by atoms with Gasteiger partial charge in [-0.15, -0.1) is 0 Å². The first-order chi connectivity index (χ1) is 15.5. The van der Waals surface area contributed by atoms with E-state index in [1.165, 1.54) is 6.92 Å². The molecule has 2 aromatic rings. The minimum Gasteiger partial charge on any atom is -0.444 e. The van der Waals surface area contributed by atoms with Crippen molar-refractivity contribution in [3.63, 3.8) is 0 Å². The molecule has 3 amide bonds. The van der Waals surface area contributed by atoms with Crippen LogP contribution >= 0.6 is 0 Å². The van der Waals surface area contributed by atoms with Crippen LogP contribution in [0.3, 0.4) is 0 Å². The predicted octanol–water partition coefficient (Wildman–Crippen LogP) is 3.36. The summed E-state index contributed by atoms with van der Waals surface area (Å²) in [6.45, 7) is 6.26. The Morgan fingerprint density at radius 3 is 1.94 bits per heavy atom. The highest BCUT2D eigenvalue weighted by molar-refractivity contribution is 5.94. The fourth-order valence-corrected chi connectivity index (χ4v) is 2.33. The second kappa shape index (κ2) is 11.4. The van der Waals surface area contributed by atoms with E-state index >= 15 is 0 Å². The monoisotopic (exact) mass is 447 g/mol. The maximum atomic E-state index is 12.0. The van der Waals surface area contributed by atoms with Crippen LogP contribution in [-0.2, 0) is 9.53 Å². The van der Waals surface area contributed by atoms with Gasteiger partial charge in [0.1, 0.15) is 12.3 Å². The highest BCUT2D eigenvalue weighted by atomic mass is 16.6. The van der Waals surface area contributed by atoms with Gasteiger partial charge in [-0.3, -0.25) is 20.1 Å². The standard InChI is InChI=1S/C25H25N3O5/c1-18(29)28(32)17-26-23(30)21-13-9-19(10-14-21)7-5-6-8-20-11-15-22(16-12-20)27-24(31)33-25(2,3)4/h9-16,32H,17H2,1-4H3,(H,26,30)(H,27,31). The smallest absolute Gasteiger partial charge is 0.412 e. The molecule has 2 rings (SSSR count). The summed E-state index contributed by atoms with van der Waals surface area (Å²) in [5, 5.41) is 14.7. The average Bonchev–Trinajstić information content (AvgIpc) is 2.75. The fourth-order valence-electron chi connectivity index (χ4n) is 2.33. The quantitative estimate of drug-likeness (QED) is 0.288. The number of hydroxylamine groups is 2. The van der Waals surface area contributed by atoms with Gasteiger partial charge in [-0.05, 0) is 81.1 Å². The molecule has 8 nitrogen and oxygen atoms in total. The van der Waals surface area contributed by atoms with Crippen LogP contribution in [0.2, 0.25) is 0 Å². The number of benzene rings is 2. The molecule has 0 heterocycles. The van der Waals surface area contributed by atoms with Crippen LogP contribution in [0.4, 0.5) is 10.5 Å². The normalized spacial score (nSPS) is 9.97. The summed E-state index contributed by atoms with van der Waals surface area (Å²) in [5.74, 6) is 10.3. The molecule has 0 saturated carbocycles. The molecule has 0 aliphatic rings. The first-order valence-electron chi connectivity index (χ1n) is 10.0. The minimum atomic E-state index is -0.574. The number of rotatable bonds is 4. The van der Waals surface area contributed by atoms with Crippen molar-refractivity contribution < 1.29 is 24.3 Å². The lowest BCUT2D eigenvalue weighted by atomic mass is 10.1. The Balaban J connectivity index is 1.90. The molecule has 0 aliphatic heterocycles. The topological polar surface area (TPSA) is 108 Å². The molecule has 0 unspecified atom stereocenters. The Labute approximate surface area is 192 Å². The summed E-state index contributed by atoms with van der Waals surface area (Å²) in [6, 6.07) is 13.5. The van der Waals surface area contributed by atoms with Crippen LogP contribution in [0.25, 0.3) is 0 Å². The van der Waals surface area contributed by atoms with E-state index in [0.717, 1.165) is 5.56 Å². The van der Waals surface area contributed by atoms with E-state index < -0.39 is 23.5 Å². The molecule has 0 aromatic heterocycles. The first kappa shape index (κ1) is 25.0. The van der Waals surface area contributed by atoms with Gasteiger partial charge >= 0.3 is 6.09 Å². The first-order valence-corrected chi connectivity index (χ1v) is 10.0. The second-order valence-corrected chi connectivity index (χ2v) is 7.86.